The maximum absolute atomic E-state index is 13.0. The first-order valence-electron chi connectivity index (χ1n) is 5.50. The van der Waals surface area contributed by atoms with Crippen molar-refractivity contribution >= 4 is 5.91 Å². The molecule has 0 aliphatic rings. The number of carbonyl (C=O) groups is 1. The zero-order valence-corrected chi connectivity index (χ0v) is 9.93. The predicted molar refractivity (Wildman–Crippen MR) is 62.3 cm³/mol. The lowest BCUT2D eigenvalue weighted by molar-refractivity contribution is -0.119. The van der Waals surface area contributed by atoms with Crippen LogP contribution in [0.2, 0.25) is 0 Å². The van der Waals surface area contributed by atoms with Gasteiger partial charge in [0.2, 0.25) is 5.91 Å². The number of hydrogen-bond acceptors (Lipinski definition) is 4. The standard InChI is InChI=1S/C12H16FNO4/c1-7(15)14-3-2-11(17)12(18)8-4-9(13)6-10(16)5-8/h4-6,11-12,16-18H,2-3H2,1H3,(H,14,15). The van der Waals surface area contributed by atoms with Crippen molar-refractivity contribution in [2.24, 2.45) is 0 Å². The third-order valence-corrected chi connectivity index (χ3v) is 2.42. The second-order valence-electron chi connectivity index (χ2n) is 4.03. The fourth-order valence-corrected chi connectivity index (χ4v) is 1.54. The molecule has 0 aromatic heterocycles. The van der Waals surface area contributed by atoms with Crippen LogP contribution in [0.25, 0.3) is 0 Å². The molecule has 0 bridgehead atoms. The number of rotatable bonds is 5. The van der Waals surface area contributed by atoms with Gasteiger partial charge in [-0.3, -0.25) is 4.79 Å². The molecule has 0 aliphatic carbocycles. The summed E-state index contributed by atoms with van der Waals surface area (Å²) in [5.41, 5.74) is 0.0859. The van der Waals surface area contributed by atoms with E-state index < -0.39 is 18.0 Å². The summed E-state index contributed by atoms with van der Waals surface area (Å²) in [6.45, 7) is 1.54. The van der Waals surface area contributed by atoms with Gasteiger partial charge < -0.3 is 20.6 Å². The van der Waals surface area contributed by atoms with Crippen LogP contribution in [0.3, 0.4) is 0 Å². The molecule has 18 heavy (non-hydrogen) atoms. The smallest absolute Gasteiger partial charge is 0.216 e. The maximum Gasteiger partial charge on any atom is 0.216 e. The van der Waals surface area contributed by atoms with Crippen molar-refractivity contribution in [2.45, 2.75) is 25.6 Å². The van der Waals surface area contributed by atoms with E-state index in [1.165, 1.54) is 13.0 Å². The van der Waals surface area contributed by atoms with Crippen molar-refractivity contribution in [1.82, 2.24) is 5.32 Å². The van der Waals surface area contributed by atoms with Gasteiger partial charge in [0, 0.05) is 19.5 Å². The summed E-state index contributed by atoms with van der Waals surface area (Å²) >= 11 is 0. The molecule has 2 atom stereocenters. The molecule has 0 aliphatic heterocycles. The fourth-order valence-electron chi connectivity index (χ4n) is 1.54. The van der Waals surface area contributed by atoms with Gasteiger partial charge in [-0.2, -0.15) is 0 Å². The number of carbonyl (C=O) groups excluding carboxylic acids is 1. The molecule has 2 unspecified atom stereocenters. The molecule has 1 aromatic carbocycles. The molecule has 0 heterocycles. The molecule has 0 spiro atoms. The van der Waals surface area contributed by atoms with Crippen molar-refractivity contribution in [3.05, 3.63) is 29.6 Å². The van der Waals surface area contributed by atoms with Gasteiger partial charge in [-0.25, -0.2) is 4.39 Å². The van der Waals surface area contributed by atoms with Gasteiger partial charge in [0.05, 0.1) is 6.10 Å². The highest BCUT2D eigenvalue weighted by Gasteiger charge is 2.19. The summed E-state index contributed by atoms with van der Waals surface area (Å²) in [6, 6.07) is 3.11. The van der Waals surface area contributed by atoms with Crippen LogP contribution in [-0.2, 0) is 4.79 Å². The highest BCUT2D eigenvalue weighted by molar-refractivity contribution is 5.72. The second kappa shape index (κ2) is 6.32. The van der Waals surface area contributed by atoms with Crippen molar-refractivity contribution in [2.75, 3.05) is 6.54 Å². The van der Waals surface area contributed by atoms with Gasteiger partial charge in [0.15, 0.2) is 0 Å². The van der Waals surface area contributed by atoms with E-state index >= 15 is 0 Å². The van der Waals surface area contributed by atoms with Crippen molar-refractivity contribution in [3.8, 4) is 5.75 Å². The Bertz CT molecular complexity index is 404. The summed E-state index contributed by atoms with van der Waals surface area (Å²) in [7, 11) is 0. The molecule has 1 aromatic rings. The summed E-state index contributed by atoms with van der Waals surface area (Å²) < 4.78 is 13.0. The Labute approximate surface area is 104 Å². The van der Waals surface area contributed by atoms with Crippen LogP contribution in [0, 0.1) is 5.82 Å². The Morgan fingerprint density at radius 2 is 2.06 bits per heavy atom. The zero-order valence-electron chi connectivity index (χ0n) is 9.93. The third kappa shape index (κ3) is 4.31. The molecule has 0 radical (unpaired) electrons. The Morgan fingerprint density at radius 3 is 2.61 bits per heavy atom. The molecule has 6 heteroatoms. The minimum absolute atomic E-state index is 0.0859. The van der Waals surface area contributed by atoms with Crippen molar-refractivity contribution < 1.29 is 24.5 Å². The number of aliphatic hydroxyl groups is 2. The average Bonchev–Trinajstić information content (AvgIpc) is 2.26. The molecular weight excluding hydrogens is 241 g/mol. The van der Waals surface area contributed by atoms with E-state index in [0.717, 1.165) is 12.1 Å². The van der Waals surface area contributed by atoms with Gasteiger partial charge in [-0.15, -0.1) is 0 Å². The zero-order chi connectivity index (χ0) is 13.7. The largest absolute Gasteiger partial charge is 0.508 e. The number of halogens is 1. The monoisotopic (exact) mass is 257 g/mol. The molecule has 1 rings (SSSR count). The van der Waals surface area contributed by atoms with Gasteiger partial charge in [0.1, 0.15) is 17.7 Å². The highest BCUT2D eigenvalue weighted by atomic mass is 19.1. The first-order valence-corrected chi connectivity index (χ1v) is 5.50. The Hall–Kier alpha value is -1.66. The quantitative estimate of drug-likeness (QED) is 0.616. The minimum atomic E-state index is -1.32. The number of benzene rings is 1. The van der Waals surface area contributed by atoms with E-state index in [2.05, 4.69) is 5.32 Å². The fraction of sp³-hybridized carbons (Fsp3) is 0.417. The molecule has 1 amide bonds. The number of aliphatic hydroxyl groups excluding tert-OH is 2. The summed E-state index contributed by atoms with van der Waals surface area (Å²) in [4.78, 5) is 10.6. The number of nitrogens with one attached hydrogen (secondary N) is 1. The first kappa shape index (κ1) is 14.4. The number of phenols is 1. The lowest BCUT2D eigenvalue weighted by atomic mass is 10.0. The molecular formula is C12H16FNO4. The molecule has 0 saturated carbocycles. The van der Waals surface area contributed by atoms with Crippen LogP contribution in [0.15, 0.2) is 18.2 Å². The van der Waals surface area contributed by atoms with E-state index in [4.69, 9.17) is 0 Å². The number of amides is 1. The molecule has 5 nitrogen and oxygen atoms in total. The van der Waals surface area contributed by atoms with Gasteiger partial charge >= 0.3 is 0 Å². The van der Waals surface area contributed by atoms with Crippen LogP contribution in [0.4, 0.5) is 4.39 Å². The predicted octanol–water partition coefficient (Wildman–Crippen LogP) is 0.452. The molecule has 4 N–H and O–H groups in total. The van der Waals surface area contributed by atoms with Crippen molar-refractivity contribution in [1.29, 1.82) is 0 Å². The van der Waals surface area contributed by atoms with Crippen molar-refractivity contribution in [3.63, 3.8) is 0 Å². The highest BCUT2D eigenvalue weighted by Crippen LogP contribution is 2.23. The van der Waals surface area contributed by atoms with Crippen LogP contribution in [-0.4, -0.2) is 33.9 Å². The van der Waals surface area contributed by atoms with Crippen LogP contribution >= 0.6 is 0 Å². The SMILES string of the molecule is CC(=O)NCCC(O)C(O)c1cc(O)cc(F)c1. The maximum atomic E-state index is 13.0. The molecule has 0 fully saturated rings. The van der Waals surface area contributed by atoms with E-state index in [1.54, 1.807) is 0 Å². The summed E-state index contributed by atoms with van der Waals surface area (Å²) in [6.07, 6.45) is -2.35. The number of hydrogen-bond donors (Lipinski definition) is 4. The second-order valence-corrected chi connectivity index (χ2v) is 4.03. The number of aromatic hydroxyl groups is 1. The lowest BCUT2D eigenvalue weighted by Crippen LogP contribution is -2.27. The van der Waals surface area contributed by atoms with Crippen LogP contribution in [0.5, 0.6) is 5.75 Å². The molecule has 100 valence electrons. The molecule has 0 saturated heterocycles. The lowest BCUT2D eigenvalue weighted by Gasteiger charge is -2.18. The van der Waals surface area contributed by atoms with E-state index in [9.17, 15) is 24.5 Å². The van der Waals surface area contributed by atoms with Gasteiger partial charge in [-0.1, -0.05) is 0 Å². The van der Waals surface area contributed by atoms with Gasteiger partial charge in [0.25, 0.3) is 0 Å². The van der Waals surface area contributed by atoms with E-state index in [0.29, 0.717) is 0 Å². The topological polar surface area (TPSA) is 89.8 Å². The van der Waals surface area contributed by atoms with Gasteiger partial charge in [-0.05, 0) is 24.1 Å². The van der Waals surface area contributed by atoms with E-state index in [1.807, 2.05) is 0 Å². The number of phenolic OH excluding ortho intramolecular Hbond substituents is 1. The van der Waals surface area contributed by atoms with Crippen LogP contribution in [0.1, 0.15) is 25.0 Å². The minimum Gasteiger partial charge on any atom is -0.508 e. The van der Waals surface area contributed by atoms with E-state index in [-0.39, 0.29) is 30.2 Å². The Balaban J connectivity index is 2.62. The van der Waals surface area contributed by atoms with Crippen LogP contribution < -0.4 is 5.32 Å². The summed E-state index contributed by atoms with van der Waals surface area (Å²) in [5, 5.41) is 31.1. The average molecular weight is 257 g/mol. The normalized spacial score (nSPS) is 14.0. The third-order valence-electron chi connectivity index (χ3n) is 2.42. The first-order chi connectivity index (χ1) is 8.40. The summed E-state index contributed by atoms with van der Waals surface area (Å²) in [5.74, 6) is -1.25. The Morgan fingerprint density at radius 1 is 1.39 bits per heavy atom. The Kier molecular flexibility index (Phi) is 5.06.